The second-order valence-electron chi connectivity index (χ2n) is 7.83. The van der Waals surface area contributed by atoms with E-state index in [4.69, 9.17) is 16.3 Å². The normalized spacial score (nSPS) is 23.6. The molecule has 8 heteroatoms. The number of ether oxygens (including phenoxy) is 1. The highest BCUT2D eigenvalue weighted by molar-refractivity contribution is 6.31. The lowest BCUT2D eigenvalue weighted by atomic mass is 10.0. The molecule has 2 atom stereocenters. The average Bonchev–Trinajstić information content (AvgIpc) is 2.90. The number of likely N-dealkylation sites (tertiary alicyclic amines) is 1. The smallest absolute Gasteiger partial charge is 0.260 e. The van der Waals surface area contributed by atoms with Crippen molar-refractivity contribution in [1.29, 1.82) is 0 Å². The van der Waals surface area contributed by atoms with Crippen LogP contribution >= 0.6 is 11.6 Å². The van der Waals surface area contributed by atoms with Crippen LogP contribution in [0.15, 0.2) is 18.2 Å². The topological polar surface area (TPSA) is 73.3 Å². The summed E-state index contributed by atoms with van der Waals surface area (Å²) in [6, 6.07) is 5.35. The minimum Gasteiger partial charge on any atom is -0.484 e. The molecular weight excluding hydrogens is 394 g/mol. The Kier molecular flexibility index (Phi) is 7.38. The van der Waals surface area contributed by atoms with Crippen LogP contribution in [0.3, 0.4) is 0 Å². The van der Waals surface area contributed by atoms with E-state index in [1.54, 1.807) is 24.0 Å². The van der Waals surface area contributed by atoms with Crippen LogP contribution in [-0.2, 0) is 9.59 Å². The van der Waals surface area contributed by atoms with Crippen LogP contribution in [0.1, 0.15) is 25.3 Å². The molecule has 2 heterocycles. The van der Waals surface area contributed by atoms with Crippen molar-refractivity contribution in [3.8, 4) is 5.75 Å². The summed E-state index contributed by atoms with van der Waals surface area (Å²) < 4.78 is 5.64. The van der Waals surface area contributed by atoms with E-state index in [-0.39, 0.29) is 24.5 Å². The second-order valence-corrected chi connectivity index (χ2v) is 8.24. The predicted molar refractivity (Wildman–Crippen MR) is 111 cm³/mol. The molecule has 2 saturated heterocycles. The zero-order valence-corrected chi connectivity index (χ0v) is 17.9. The van der Waals surface area contributed by atoms with Crippen molar-refractivity contribution in [2.45, 2.75) is 38.8 Å². The van der Waals surface area contributed by atoms with Gasteiger partial charge in [-0.25, -0.2) is 0 Å². The number of rotatable bonds is 4. The van der Waals surface area contributed by atoms with E-state index in [2.05, 4.69) is 4.90 Å². The number of aliphatic hydroxyl groups is 1. The fraction of sp³-hybridized carbons (Fsp3) is 0.619. The van der Waals surface area contributed by atoms with E-state index >= 15 is 0 Å². The van der Waals surface area contributed by atoms with E-state index < -0.39 is 6.10 Å². The van der Waals surface area contributed by atoms with Crippen molar-refractivity contribution in [3.63, 3.8) is 0 Å². The minimum atomic E-state index is -0.475. The summed E-state index contributed by atoms with van der Waals surface area (Å²) >= 11 is 6.02. The maximum Gasteiger partial charge on any atom is 0.260 e. The first-order valence-corrected chi connectivity index (χ1v) is 10.6. The van der Waals surface area contributed by atoms with Gasteiger partial charge in [0.05, 0.1) is 6.10 Å². The molecular formula is C21H30ClN3O4. The van der Waals surface area contributed by atoms with Gasteiger partial charge in [-0.05, 0) is 43.5 Å². The summed E-state index contributed by atoms with van der Waals surface area (Å²) in [6.07, 6.45) is 0.785. The number of nitrogens with zero attached hydrogens (tertiary/aromatic N) is 3. The molecule has 0 unspecified atom stereocenters. The minimum absolute atomic E-state index is 0.0155. The van der Waals surface area contributed by atoms with Gasteiger partial charge < -0.3 is 19.6 Å². The van der Waals surface area contributed by atoms with E-state index in [1.807, 2.05) is 17.9 Å². The maximum absolute atomic E-state index is 12.6. The molecule has 160 valence electrons. The number of amides is 2. The summed E-state index contributed by atoms with van der Waals surface area (Å²) in [4.78, 5) is 30.0. The Labute approximate surface area is 177 Å². The van der Waals surface area contributed by atoms with E-state index in [0.29, 0.717) is 49.8 Å². The van der Waals surface area contributed by atoms with Crippen molar-refractivity contribution in [2.24, 2.45) is 0 Å². The second kappa shape index (κ2) is 9.78. The summed E-state index contributed by atoms with van der Waals surface area (Å²) in [5.41, 5.74) is 0.905. The zero-order valence-electron chi connectivity index (χ0n) is 17.1. The number of carbonyl (C=O) groups is 2. The van der Waals surface area contributed by atoms with Crippen molar-refractivity contribution in [2.75, 3.05) is 45.9 Å². The third-order valence-corrected chi connectivity index (χ3v) is 6.33. The van der Waals surface area contributed by atoms with E-state index in [1.165, 1.54) is 0 Å². The van der Waals surface area contributed by atoms with Gasteiger partial charge in [-0.1, -0.05) is 11.6 Å². The molecule has 1 N–H and O–H groups in total. The molecule has 2 fully saturated rings. The Balaban J connectivity index is 1.51. The summed E-state index contributed by atoms with van der Waals surface area (Å²) in [5.74, 6) is 0.641. The van der Waals surface area contributed by atoms with Gasteiger partial charge in [0.25, 0.3) is 5.91 Å². The Bertz CT molecular complexity index is 737. The molecule has 0 aliphatic carbocycles. The molecule has 0 radical (unpaired) electrons. The molecule has 2 amide bonds. The number of aryl methyl sites for hydroxylation is 1. The van der Waals surface area contributed by atoms with Gasteiger partial charge in [0.1, 0.15) is 5.75 Å². The molecule has 0 spiro atoms. The van der Waals surface area contributed by atoms with Crippen molar-refractivity contribution >= 4 is 23.4 Å². The number of hydrogen-bond donors (Lipinski definition) is 1. The van der Waals surface area contributed by atoms with Crippen molar-refractivity contribution < 1.29 is 19.4 Å². The highest BCUT2D eigenvalue weighted by atomic mass is 35.5. The predicted octanol–water partition coefficient (Wildman–Crippen LogP) is 1.54. The molecule has 7 nitrogen and oxygen atoms in total. The first-order chi connectivity index (χ1) is 13.8. The molecule has 1 aromatic rings. The Morgan fingerprint density at radius 2 is 1.79 bits per heavy atom. The lowest BCUT2D eigenvalue weighted by molar-refractivity contribution is -0.133. The number of halogens is 1. The third-order valence-electron chi connectivity index (χ3n) is 5.91. The van der Waals surface area contributed by atoms with Gasteiger partial charge in [0.15, 0.2) is 6.61 Å². The third kappa shape index (κ3) is 5.62. The molecule has 1 aromatic carbocycles. The maximum atomic E-state index is 12.6. The van der Waals surface area contributed by atoms with E-state index in [9.17, 15) is 14.7 Å². The number of piperazine rings is 1. The van der Waals surface area contributed by atoms with Gasteiger partial charge in [0.2, 0.25) is 5.91 Å². The fourth-order valence-electron chi connectivity index (χ4n) is 4.06. The zero-order chi connectivity index (χ0) is 21.0. The van der Waals surface area contributed by atoms with E-state index in [0.717, 1.165) is 18.7 Å². The van der Waals surface area contributed by atoms with Gasteiger partial charge >= 0.3 is 0 Å². The molecule has 2 aliphatic heterocycles. The fourth-order valence-corrected chi connectivity index (χ4v) is 4.18. The molecule has 2 aliphatic rings. The van der Waals surface area contributed by atoms with Crippen LogP contribution < -0.4 is 4.74 Å². The Morgan fingerprint density at radius 3 is 2.45 bits per heavy atom. The molecule has 0 saturated carbocycles. The SMILES string of the molecule is CC(=O)N1CCN([C@H]2CCN(C(=O)COc3ccc(Cl)c(C)c3)CC[C@@H]2O)CC1. The number of benzene rings is 1. The van der Waals surface area contributed by atoms with Crippen LogP contribution in [0.2, 0.25) is 5.02 Å². The monoisotopic (exact) mass is 423 g/mol. The lowest BCUT2D eigenvalue weighted by Gasteiger charge is -2.40. The molecule has 3 rings (SSSR count). The van der Waals surface area contributed by atoms with Gasteiger partial charge in [-0.2, -0.15) is 0 Å². The van der Waals surface area contributed by atoms with Gasteiger partial charge in [-0.15, -0.1) is 0 Å². The standard InChI is InChI=1S/C21H30ClN3O4/c1-15-13-17(3-4-18(15)22)29-14-21(28)25-7-5-19(20(27)6-8-25)24-11-9-23(10-12-24)16(2)26/h3-4,13,19-20,27H,5-12,14H2,1-2H3/t19-,20-/m0/s1. The number of aliphatic hydroxyl groups excluding tert-OH is 1. The largest absolute Gasteiger partial charge is 0.484 e. The van der Waals surface area contributed by atoms with Crippen LogP contribution in [-0.4, -0.2) is 89.6 Å². The Morgan fingerprint density at radius 1 is 1.10 bits per heavy atom. The van der Waals surface area contributed by atoms with Gasteiger partial charge in [-0.3, -0.25) is 14.5 Å². The number of hydrogen-bond acceptors (Lipinski definition) is 5. The van der Waals surface area contributed by atoms with Crippen LogP contribution in [0, 0.1) is 6.92 Å². The van der Waals surface area contributed by atoms with Crippen molar-refractivity contribution in [3.05, 3.63) is 28.8 Å². The Hall–Kier alpha value is -1.83. The summed E-state index contributed by atoms with van der Waals surface area (Å²) in [5, 5.41) is 11.3. The van der Waals surface area contributed by atoms with Crippen molar-refractivity contribution in [1.82, 2.24) is 14.7 Å². The highest BCUT2D eigenvalue weighted by Crippen LogP contribution is 2.22. The highest BCUT2D eigenvalue weighted by Gasteiger charge is 2.33. The summed E-state index contributed by atoms with van der Waals surface area (Å²) in [6.45, 7) is 7.47. The first-order valence-electron chi connectivity index (χ1n) is 10.2. The van der Waals surface area contributed by atoms with Crippen LogP contribution in [0.25, 0.3) is 0 Å². The number of carbonyl (C=O) groups excluding carboxylic acids is 2. The summed E-state index contributed by atoms with van der Waals surface area (Å²) in [7, 11) is 0. The van der Waals surface area contributed by atoms with Crippen LogP contribution in [0.5, 0.6) is 5.75 Å². The van der Waals surface area contributed by atoms with Crippen LogP contribution in [0.4, 0.5) is 0 Å². The lowest BCUT2D eigenvalue weighted by Crippen LogP contribution is -2.54. The quantitative estimate of drug-likeness (QED) is 0.795. The molecule has 0 bridgehead atoms. The molecule has 0 aromatic heterocycles. The molecule has 29 heavy (non-hydrogen) atoms. The average molecular weight is 424 g/mol. The van der Waals surface area contributed by atoms with Gasteiger partial charge in [0, 0.05) is 57.3 Å². The first kappa shape index (κ1) is 21.9.